The van der Waals surface area contributed by atoms with Gasteiger partial charge in [-0.3, -0.25) is 9.10 Å². The molecule has 0 amide bonds. The first-order chi connectivity index (χ1) is 12.8. The van der Waals surface area contributed by atoms with E-state index >= 15 is 0 Å². The van der Waals surface area contributed by atoms with E-state index in [4.69, 9.17) is 4.74 Å². The number of aryl methyl sites for hydroxylation is 2. The van der Waals surface area contributed by atoms with Gasteiger partial charge in [0.05, 0.1) is 10.6 Å². The van der Waals surface area contributed by atoms with Crippen molar-refractivity contribution in [1.82, 2.24) is 0 Å². The number of ether oxygens (including phenoxy) is 1. The van der Waals surface area contributed by atoms with Crippen LogP contribution in [0.4, 0.5) is 5.69 Å². The summed E-state index contributed by atoms with van der Waals surface area (Å²) < 4.78 is 32.2. The van der Waals surface area contributed by atoms with Gasteiger partial charge in [-0.25, -0.2) is 8.42 Å². The molecule has 0 atom stereocenters. The molecule has 0 heterocycles. The summed E-state index contributed by atoms with van der Waals surface area (Å²) in [4.78, 5) is 12.0. The van der Waals surface area contributed by atoms with Gasteiger partial charge >= 0.3 is 5.97 Å². The van der Waals surface area contributed by atoms with Crippen LogP contribution in [-0.4, -0.2) is 21.4 Å². The van der Waals surface area contributed by atoms with E-state index < -0.39 is 10.0 Å². The Morgan fingerprint density at radius 3 is 2.26 bits per heavy atom. The third-order valence-corrected chi connectivity index (χ3v) is 6.33. The number of carbonyl (C=O) groups excluding carboxylic acids is 1. The van der Waals surface area contributed by atoms with Gasteiger partial charge in [-0.2, -0.15) is 0 Å². The summed E-state index contributed by atoms with van der Waals surface area (Å²) in [6, 6.07) is 11.6. The predicted octanol–water partition coefficient (Wildman–Crippen LogP) is 4.61. The SMILES string of the molecule is CCCCCC(=O)Oc1ccc(N(C)S(=O)(=O)c2ccc(C)c(C)c2)cc1. The molecule has 6 heteroatoms. The van der Waals surface area contributed by atoms with Crippen LogP contribution < -0.4 is 9.04 Å². The average Bonchev–Trinajstić information content (AvgIpc) is 2.64. The first kappa shape index (κ1) is 21.0. The molecule has 0 radical (unpaired) electrons. The number of carbonyl (C=O) groups is 1. The van der Waals surface area contributed by atoms with E-state index in [-0.39, 0.29) is 10.9 Å². The fourth-order valence-electron chi connectivity index (χ4n) is 2.60. The number of hydrogen-bond donors (Lipinski definition) is 0. The Bertz CT molecular complexity index is 889. The second-order valence-electron chi connectivity index (χ2n) is 6.64. The zero-order chi connectivity index (χ0) is 20.0. The molecule has 2 aromatic rings. The van der Waals surface area contributed by atoms with Gasteiger partial charge < -0.3 is 4.74 Å². The number of rotatable bonds is 8. The lowest BCUT2D eigenvalue weighted by atomic mass is 10.1. The van der Waals surface area contributed by atoms with E-state index in [9.17, 15) is 13.2 Å². The van der Waals surface area contributed by atoms with E-state index in [1.165, 1.54) is 11.4 Å². The summed E-state index contributed by atoms with van der Waals surface area (Å²) in [6.45, 7) is 5.91. The third-order valence-electron chi connectivity index (χ3n) is 4.55. The maximum absolute atomic E-state index is 12.8. The topological polar surface area (TPSA) is 63.7 Å². The van der Waals surface area contributed by atoms with Gasteiger partial charge in [0, 0.05) is 13.5 Å². The molecule has 0 N–H and O–H groups in total. The molecule has 2 rings (SSSR count). The van der Waals surface area contributed by atoms with Crippen molar-refractivity contribution >= 4 is 21.7 Å². The monoisotopic (exact) mass is 389 g/mol. The molecule has 0 saturated heterocycles. The van der Waals surface area contributed by atoms with Gasteiger partial charge in [0.15, 0.2) is 0 Å². The molecule has 0 spiro atoms. The fraction of sp³-hybridized carbons (Fsp3) is 0.381. The number of benzene rings is 2. The number of anilines is 1. The van der Waals surface area contributed by atoms with Crippen LogP contribution in [-0.2, 0) is 14.8 Å². The highest BCUT2D eigenvalue weighted by Gasteiger charge is 2.21. The van der Waals surface area contributed by atoms with Crippen molar-refractivity contribution < 1.29 is 17.9 Å². The van der Waals surface area contributed by atoms with Crippen LogP contribution in [0.25, 0.3) is 0 Å². The number of nitrogens with zero attached hydrogens (tertiary/aromatic N) is 1. The van der Waals surface area contributed by atoms with Crippen LogP contribution in [0.1, 0.15) is 43.7 Å². The minimum Gasteiger partial charge on any atom is -0.427 e. The van der Waals surface area contributed by atoms with Gasteiger partial charge in [0.25, 0.3) is 10.0 Å². The molecule has 0 aliphatic carbocycles. The maximum atomic E-state index is 12.8. The first-order valence-electron chi connectivity index (χ1n) is 9.12. The maximum Gasteiger partial charge on any atom is 0.311 e. The van der Waals surface area contributed by atoms with E-state index in [1.807, 2.05) is 13.8 Å². The smallest absolute Gasteiger partial charge is 0.311 e. The molecular weight excluding hydrogens is 362 g/mol. The van der Waals surface area contributed by atoms with Crippen molar-refractivity contribution in [3.63, 3.8) is 0 Å². The summed E-state index contributed by atoms with van der Waals surface area (Å²) in [5.74, 6) is 0.143. The lowest BCUT2D eigenvalue weighted by Crippen LogP contribution is -2.26. The van der Waals surface area contributed by atoms with Crippen molar-refractivity contribution in [2.24, 2.45) is 0 Å². The van der Waals surface area contributed by atoms with E-state index in [0.29, 0.717) is 17.9 Å². The van der Waals surface area contributed by atoms with Crippen LogP contribution in [0.15, 0.2) is 47.4 Å². The van der Waals surface area contributed by atoms with Crippen LogP contribution in [0.3, 0.4) is 0 Å². The summed E-state index contributed by atoms with van der Waals surface area (Å²) in [5.41, 5.74) is 2.47. The van der Waals surface area contributed by atoms with E-state index in [0.717, 1.165) is 30.4 Å². The van der Waals surface area contributed by atoms with Crippen LogP contribution in [0, 0.1) is 13.8 Å². The molecule has 27 heavy (non-hydrogen) atoms. The second kappa shape index (κ2) is 9.04. The van der Waals surface area contributed by atoms with Gasteiger partial charge in [0.1, 0.15) is 5.75 Å². The molecule has 0 aromatic heterocycles. The summed E-state index contributed by atoms with van der Waals surface area (Å²) in [6.07, 6.45) is 3.24. The molecule has 0 unspecified atom stereocenters. The molecule has 0 bridgehead atoms. The van der Waals surface area contributed by atoms with Crippen LogP contribution in [0.2, 0.25) is 0 Å². The normalized spacial score (nSPS) is 11.3. The lowest BCUT2D eigenvalue weighted by molar-refractivity contribution is -0.134. The molecule has 2 aromatic carbocycles. The van der Waals surface area contributed by atoms with E-state index in [1.54, 1.807) is 42.5 Å². The number of hydrogen-bond acceptors (Lipinski definition) is 4. The zero-order valence-corrected chi connectivity index (χ0v) is 17.2. The van der Waals surface area contributed by atoms with Crippen LogP contribution in [0.5, 0.6) is 5.75 Å². The highest BCUT2D eigenvalue weighted by molar-refractivity contribution is 7.92. The van der Waals surface area contributed by atoms with Crippen molar-refractivity contribution in [3.8, 4) is 5.75 Å². The fourth-order valence-corrected chi connectivity index (χ4v) is 3.88. The average molecular weight is 390 g/mol. The Labute approximate surface area is 162 Å². The molecular formula is C21H27NO4S. The second-order valence-corrected chi connectivity index (χ2v) is 8.61. The van der Waals surface area contributed by atoms with Crippen molar-refractivity contribution in [1.29, 1.82) is 0 Å². The van der Waals surface area contributed by atoms with Crippen molar-refractivity contribution in [3.05, 3.63) is 53.6 Å². The Morgan fingerprint density at radius 1 is 1.00 bits per heavy atom. The number of esters is 1. The molecule has 0 fully saturated rings. The van der Waals surface area contributed by atoms with E-state index in [2.05, 4.69) is 6.92 Å². The van der Waals surface area contributed by atoms with Gasteiger partial charge in [-0.15, -0.1) is 0 Å². The van der Waals surface area contributed by atoms with Gasteiger partial charge in [0.2, 0.25) is 0 Å². The largest absolute Gasteiger partial charge is 0.427 e. The summed E-state index contributed by atoms with van der Waals surface area (Å²) in [7, 11) is -2.15. The molecule has 0 aliphatic heterocycles. The predicted molar refractivity (Wildman–Crippen MR) is 108 cm³/mol. The third kappa shape index (κ3) is 5.32. The zero-order valence-electron chi connectivity index (χ0n) is 16.4. The van der Waals surface area contributed by atoms with Crippen molar-refractivity contribution in [2.45, 2.75) is 51.3 Å². The first-order valence-corrected chi connectivity index (χ1v) is 10.6. The minimum atomic E-state index is -3.66. The number of sulfonamides is 1. The molecule has 0 aliphatic rings. The highest BCUT2D eigenvalue weighted by Crippen LogP contribution is 2.25. The quantitative estimate of drug-likeness (QED) is 0.376. The Kier molecular flexibility index (Phi) is 7.02. The summed E-state index contributed by atoms with van der Waals surface area (Å²) in [5, 5.41) is 0. The lowest BCUT2D eigenvalue weighted by Gasteiger charge is -2.20. The Hall–Kier alpha value is -2.34. The standard InChI is InChI=1S/C21H27NO4S/c1-5-6-7-8-21(23)26-19-12-10-18(11-13-19)22(4)27(24,25)20-14-9-16(2)17(3)15-20/h9-15H,5-8H2,1-4H3. The minimum absolute atomic E-state index is 0.250. The summed E-state index contributed by atoms with van der Waals surface area (Å²) >= 11 is 0. The van der Waals surface area contributed by atoms with Gasteiger partial charge in [-0.1, -0.05) is 25.8 Å². The molecule has 0 saturated carbocycles. The highest BCUT2D eigenvalue weighted by atomic mass is 32.2. The molecule has 146 valence electrons. The van der Waals surface area contributed by atoms with Gasteiger partial charge in [-0.05, 0) is 67.8 Å². The molecule has 5 nitrogen and oxygen atoms in total. The van der Waals surface area contributed by atoms with Crippen LogP contribution >= 0.6 is 0 Å². The van der Waals surface area contributed by atoms with Crippen molar-refractivity contribution in [2.75, 3.05) is 11.4 Å². The number of unbranched alkanes of at least 4 members (excludes halogenated alkanes) is 2. The Morgan fingerprint density at radius 2 is 1.67 bits per heavy atom. The Balaban J connectivity index is 2.11.